The van der Waals surface area contributed by atoms with Crippen molar-refractivity contribution in [3.63, 3.8) is 0 Å². The molecular weight excluding hydrogens is 677 g/mol. The molecular formula is C43H58O8S. The van der Waals surface area contributed by atoms with Crippen LogP contribution in [0.25, 0.3) is 0 Å². The summed E-state index contributed by atoms with van der Waals surface area (Å²) in [6.45, 7) is 21.9. The minimum absolute atomic E-state index is 0.0116. The molecule has 1 heterocycles. The fourth-order valence-corrected chi connectivity index (χ4v) is 14.0. The number of hydrogen-bond acceptors (Lipinski definition) is 6. The Kier molecular flexibility index (Phi) is 9.46. The molecule has 6 rings (SSSR count). The summed E-state index contributed by atoms with van der Waals surface area (Å²) < 4.78 is 6.15. The second-order valence-electron chi connectivity index (χ2n) is 19.3. The van der Waals surface area contributed by atoms with Crippen LogP contribution < -0.4 is 0 Å². The molecule has 5 aliphatic carbocycles. The Hall–Kier alpha value is -3.12. The molecule has 0 amide bonds. The molecule has 0 saturated heterocycles. The summed E-state index contributed by atoms with van der Waals surface area (Å²) in [5.41, 5.74) is -0.305. The van der Waals surface area contributed by atoms with Crippen LogP contribution in [-0.4, -0.2) is 45.3 Å². The second-order valence-corrected chi connectivity index (χ2v) is 20.1. The van der Waals surface area contributed by atoms with Gasteiger partial charge in [-0.1, -0.05) is 58.6 Å². The first-order valence-electron chi connectivity index (χ1n) is 19.3. The number of hydrogen-bond donors (Lipinski definition) is 3. The van der Waals surface area contributed by atoms with E-state index in [0.29, 0.717) is 23.7 Å². The zero-order chi connectivity index (χ0) is 38.4. The Balaban J connectivity index is 1.31. The lowest BCUT2D eigenvalue weighted by Gasteiger charge is -2.72. The zero-order valence-electron chi connectivity index (χ0n) is 32.3. The van der Waals surface area contributed by atoms with Gasteiger partial charge in [-0.05, 0) is 131 Å². The lowest BCUT2D eigenvalue weighted by atomic mass is 9.32. The Bertz CT molecular complexity index is 1730. The molecule has 0 spiro atoms. The van der Waals surface area contributed by atoms with Crippen LogP contribution in [-0.2, 0) is 14.3 Å². The number of ether oxygens (including phenoxy) is 1. The molecule has 284 valence electrons. The predicted octanol–water partition coefficient (Wildman–Crippen LogP) is 9.57. The van der Waals surface area contributed by atoms with Gasteiger partial charge in [0.2, 0.25) is 0 Å². The zero-order valence-corrected chi connectivity index (χ0v) is 33.1. The summed E-state index contributed by atoms with van der Waals surface area (Å²) in [4.78, 5) is 48.9. The summed E-state index contributed by atoms with van der Waals surface area (Å²) in [6.07, 6.45) is 9.46. The van der Waals surface area contributed by atoms with Gasteiger partial charge >= 0.3 is 23.9 Å². The maximum atomic E-state index is 13.1. The molecule has 0 aliphatic heterocycles. The van der Waals surface area contributed by atoms with Gasteiger partial charge in [0.15, 0.2) is 0 Å². The predicted molar refractivity (Wildman–Crippen MR) is 200 cm³/mol. The number of esters is 1. The van der Waals surface area contributed by atoms with Crippen molar-refractivity contribution in [1.29, 1.82) is 0 Å². The highest BCUT2D eigenvalue weighted by atomic mass is 32.1. The topological polar surface area (TPSA) is 138 Å². The van der Waals surface area contributed by atoms with Gasteiger partial charge in [0.1, 0.15) is 11.0 Å². The molecule has 1 aromatic heterocycles. The van der Waals surface area contributed by atoms with E-state index in [0.717, 1.165) is 75.5 Å². The van der Waals surface area contributed by atoms with E-state index in [2.05, 4.69) is 60.0 Å². The van der Waals surface area contributed by atoms with Crippen LogP contribution in [0.1, 0.15) is 152 Å². The highest BCUT2D eigenvalue weighted by molar-refractivity contribution is 7.12. The fraction of sp³-hybridized carbons (Fsp3) is 0.721. The lowest BCUT2D eigenvalue weighted by molar-refractivity contribution is -0.247. The maximum absolute atomic E-state index is 13.1. The monoisotopic (exact) mass is 734 g/mol. The maximum Gasteiger partial charge on any atom is 0.347 e. The van der Waals surface area contributed by atoms with Gasteiger partial charge < -0.3 is 20.1 Å². The average molecular weight is 735 g/mol. The van der Waals surface area contributed by atoms with E-state index in [1.165, 1.54) is 11.0 Å². The molecule has 9 heteroatoms. The van der Waals surface area contributed by atoms with Crippen molar-refractivity contribution in [3.8, 4) is 11.8 Å². The minimum Gasteiger partial charge on any atom is -0.481 e. The number of aromatic carboxylic acids is 2. The highest BCUT2D eigenvalue weighted by Crippen LogP contribution is 2.77. The number of carbonyl (C=O) groups is 4. The molecule has 0 radical (unpaired) electrons. The number of carbonyl (C=O) groups excluding carboxylic acids is 1. The van der Waals surface area contributed by atoms with Crippen LogP contribution in [0.2, 0.25) is 0 Å². The van der Waals surface area contributed by atoms with Gasteiger partial charge in [0.25, 0.3) is 0 Å². The molecule has 10 atom stereocenters. The van der Waals surface area contributed by atoms with E-state index < -0.39 is 29.3 Å². The third-order valence-corrected chi connectivity index (χ3v) is 17.1. The van der Waals surface area contributed by atoms with Gasteiger partial charge in [-0.2, -0.15) is 0 Å². The number of rotatable bonds is 7. The van der Waals surface area contributed by atoms with Crippen LogP contribution >= 0.6 is 11.3 Å². The van der Waals surface area contributed by atoms with Gasteiger partial charge in [-0.15, -0.1) is 11.3 Å². The van der Waals surface area contributed by atoms with E-state index in [1.54, 1.807) is 13.8 Å². The fourth-order valence-electron chi connectivity index (χ4n) is 13.2. The second kappa shape index (κ2) is 12.7. The van der Waals surface area contributed by atoms with E-state index in [-0.39, 0.29) is 61.5 Å². The van der Waals surface area contributed by atoms with Crippen molar-refractivity contribution in [2.24, 2.45) is 62.1 Å². The smallest absolute Gasteiger partial charge is 0.347 e. The lowest BCUT2D eigenvalue weighted by Crippen LogP contribution is -2.66. The number of carboxylic acids is 3. The highest BCUT2D eigenvalue weighted by Gasteiger charge is 2.71. The van der Waals surface area contributed by atoms with Gasteiger partial charge in [-0.25, -0.2) is 9.59 Å². The van der Waals surface area contributed by atoms with Gasteiger partial charge in [-0.3, -0.25) is 9.59 Å². The van der Waals surface area contributed by atoms with E-state index >= 15 is 0 Å². The number of thiophene rings is 1. The molecule has 1 aromatic rings. The van der Waals surface area contributed by atoms with Crippen molar-refractivity contribution < 1.29 is 39.2 Å². The van der Waals surface area contributed by atoms with E-state index in [1.807, 2.05) is 0 Å². The molecule has 0 bridgehead atoms. The van der Waals surface area contributed by atoms with Gasteiger partial charge in [0, 0.05) is 16.2 Å². The standard InChI is InChI=1S/C43H58O8S/c1-24(2)25-12-18-43(19-13-26-27(35(45)46)23-52-34(26)36(47)48)21-20-41(8)28(33(25)43)10-11-30-40(7)16-15-31(51-32(44)22-38(3,4)37(49)50)39(5,6)29(40)14-17-42(30,41)9/h23,25,28-31,33H,1,10-12,14-18,20-22H2,2-9H3,(H,45,46)(H,47,48)(H,49,50)/t25-,28?,29?,30?,31-,33?,40-,41+,42+,43-/m0/s1. The minimum atomic E-state index is -1.18. The summed E-state index contributed by atoms with van der Waals surface area (Å²) in [5, 5.41) is 30.7. The summed E-state index contributed by atoms with van der Waals surface area (Å²) in [6, 6.07) is 0. The average Bonchev–Trinajstić information content (AvgIpc) is 3.64. The molecule has 8 nitrogen and oxygen atoms in total. The number of allylic oxidation sites excluding steroid dienone is 1. The Morgan fingerprint density at radius 3 is 2.19 bits per heavy atom. The van der Waals surface area contributed by atoms with Crippen LogP contribution in [0.3, 0.4) is 0 Å². The van der Waals surface area contributed by atoms with Crippen LogP contribution in [0.4, 0.5) is 0 Å². The Morgan fingerprint density at radius 1 is 0.885 bits per heavy atom. The number of carboxylic acid groups (broad SMARTS) is 3. The first-order chi connectivity index (χ1) is 24.1. The molecule has 52 heavy (non-hydrogen) atoms. The SMILES string of the molecule is C=C(C)[C@@H]1CC[C@]2(C#Cc3c(C(=O)O)csc3C(=O)O)CC[C@]3(C)C(CCC4[C@@]5(C)CC[C@H](OC(=O)CC(C)(C)C(=O)O)C(C)(C)C5CC[C@]43C)C12. The van der Waals surface area contributed by atoms with Crippen LogP contribution in [0.15, 0.2) is 17.5 Å². The van der Waals surface area contributed by atoms with Crippen molar-refractivity contribution in [3.05, 3.63) is 33.5 Å². The van der Waals surface area contributed by atoms with Crippen molar-refractivity contribution in [2.45, 2.75) is 132 Å². The van der Waals surface area contributed by atoms with Crippen LogP contribution in [0.5, 0.6) is 0 Å². The molecule has 0 aromatic carbocycles. The number of fused-ring (bicyclic) bond motifs is 7. The third-order valence-electron chi connectivity index (χ3n) is 16.1. The number of aliphatic carboxylic acids is 1. The summed E-state index contributed by atoms with van der Waals surface area (Å²) >= 11 is 0.928. The molecule has 5 saturated carbocycles. The van der Waals surface area contributed by atoms with Crippen LogP contribution in [0, 0.1) is 73.9 Å². The van der Waals surface area contributed by atoms with E-state index in [9.17, 15) is 34.5 Å². The first kappa shape index (κ1) is 38.6. The first-order valence-corrected chi connectivity index (χ1v) is 20.1. The molecule has 3 N–H and O–H groups in total. The quantitative estimate of drug-likeness (QED) is 0.143. The van der Waals surface area contributed by atoms with Gasteiger partial charge in [0.05, 0.1) is 23.0 Å². The van der Waals surface area contributed by atoms with E-state index in [4.69, 9.17) is 4.74 Å². The Labute approximate surface area is 313 Å². The summed E-state index contributed by atoms with van der Waals surface area (Å²) in [5.74, 6) is 4.90. The molecule has 4 unspecified atom stereocenters. The van der Waals surface area contributed by atoms with Crippen molar-refractivity contribution in [1.82, 2.24) is 0 Å². The van der Waals surface area contributed by atoms with Crippen molar-refractivity contribution >= 4 is 35.2 Å². The normalized spacial score (nSPS) is 39.0. The Morgan fingerprint density at radius 2 is 1.58 bits per heavy atom. The van der Waals surface area contributed by atoms with Crippen molar-refractivity contribution in [2.75, 3.05) is 0 Å². The molecule has 5 fully saturated rings. The summed E-state index contributed by atoms with van der Waals surface area (Å²) in [7, 11) is 0. The largest absolute Gasteiger partial charge is 0.481 e. The molecule has 5 aliphatic rings. The third kappa shape index (κ3) is 5.67.